The van der Waals surface area contributed by atoms with Gasteiger partial charge in [0.15, 0.2) is 10.3 Å². The van der Waals surface area contributed by atoms with E-state index in [1.54, 1.807) is 6.20 Å². The number of hydrogen-bond acceptors (Lipinski definition) is 4. The molecule has 0 saturated heterocycles. The average molecular weight is 258 g/mol. The van der Waals surface area contributed by atoms with Crippen LogP contribution in [0.15, 0.2) is 18.5 Å². The van der Waals surface area contributed by atoms with Crippen molar-refractivity contribution in [1.82, 2.24) is 20.2 Å². The standard InChI is InChI=1S/C8H5Cl2N5O/c9-5-3-4(6(10)15-14-5)7(16)13-8-11-1-2-12-8/h1-3H,(H2,11,12,13,16). The van der Waals surface area contributed by atoms with Gasteiger partial charge in [0.25, 0.3) is 5.91 Å². The van der Waals surface area contributed by atoms with Gasteiger partial charge in [0.1, 0.15) is 0 Å². The molecule has 0 aliphatic rings. The summed E-state index contributed by atoms with van der Waals surface area (Å²) in [5.41, 5.74) is 0.137. The Morgan fingerprint density at radius 2 is 2.19 bits per heavy atom. The summed E-state index contributed by atoms with van der Waals surface area (Å²) in [5, 5.41) is 9.58. The van der Waals surface area contributed by atoms with Crippen molar-refractivity contribution in [2.75, 3.05) is 5.32 Å². The lowest BCUT2D eigenvalue weighted by Crippen LogP contribution is -2.14. The van der Waals surface area contributed by atoms with Gasteiger partial charge in [-0.1, -0.05) is 23.2 Å². The Balaban J connectivity index is 2.24. The van der Waals surface area contributed by atoms with Crippen molar-refractivity contribution in [3.63, 3.8) is 0 Å². The molecule has 0 aliphatic heterocycles. The summed E-state index contributed by atoms with van der Waals surface area (Å²) in [5.74, 6) is -0.147. The molecule has 1 amide bonds. The number of nitrogens with one attached hydrogen (secondary N) is 2. The van der Waals surface area contributed by atoms with Crippen LogP contribution < -0.4 is 5.32 Å². The van der Waals surface area contributed by atoms with Crippen molar-refractivity contribution in [2.24, 2.45) is 0 Å². The Morgan fingerprint density at radius 3 is 2.88 bits per heavy atom. The largest absolute Gasteiger partial charge is 0.331 e. The molecule has 2 heterocycles. The number of aromatic amines is 1. The van der Waals surface area contributed by atoms with Crippen LogP contribution in [0.3, 0.4) is 0 Å². The van der Waals surface area contributed by atoms with Crippen LogP contribution in [0.1, 0.15) is 10.4 Å². The number of halogens is 2. The van der Waals surface area contributed by atoms with Gasteiger partial charge in [0.2, 0.25) is 5.95 Å². The average Bonchev–Trinajstić information content (AvgIpc) is 2.74. The van der Waals surface area contributed by atoms with E-state index < -0.39 is 5.91 Å². The van der Waals surface area contributed by atoms with E-state index >= 15 is 0 Å². The molecule has 0 radical (unpaired) electrons. The van der Waals surface area contributed by atoms with Crippen LogP contribution in [0.2, 0.25) is 10.3 Å². The zero-order valence-corrected chi connectivity index (χ0v) is 9.25. The third-order valence-corrected chi connectivity index (χ3v) is 2.16. The van der Waals surface area contributed by atoms with Gasteiger partial charge in [0.05, 0.1) is 5.56 Å². The van der Waals surface area contributed by atoms with Crippen LogP contribution >= 0.6 is 23.2 Å². The second-order valence-electron chi connectivity index (χ2n) is 2.76. The lowest BCUT2D eigenvalue weighted by atomic mass is 10.3. The molecular formula is C8H5Cl2N5O. The first-order valence-electron chi connectivity index (χ1n) is 4.16. The highest BCUT2D eigenvalue weighted by Gasteiger charge is 2.13. The molecule has 2 N–H and O–H groups in total. The van der Waals surface area contributed by atoms with Gasteiger partial charge in [0, 0.05) is 12.4 Å². The highest BCUT2D eigenvalue weighted by molar-refractivity contribution is 6.34. The van der Waals surface area contributed by atoms with Gasteiger partial charge in [-0.25, -0.2) is 4.98 Å². The van der Waals surface area contributed by atoms with Gasteiger partial charge < -0.3 is 4.98 Å². The molecule has 0 fully saturated rings. The molecule has 0 aliphatic carbocycles. The molecule has 0 aromatic carbocycles. The van der Waals surface area contributed by atoms with E-state index in [0.717, 1.165) is 0 Å². The Kier molecular flexibility index (Phi) is 3.02. The molecule has 16 heavy (non-hydrogen) atoms. The summed E-state index contributed by atoms with van der Waals surface area (Å²) >= 11 is 11.3. The predicted octanol–water partition coefficient (Wildman–Crippen LogP) is 1.76. The van der Waals surface area contributed by atoms with Crippen molar-refractivity contribution in [1.29, 1.82) is 0 Å². The number of hydrogen-bond donors (Lipinski definition) is 2. The van der Waals surface area contributed by atoms with Crippen LogP contribution in [-0.2, 0) is 0 Å². The van der Waals surface area contributed by atoms with Crippen molar-refractivity contribution in [2.45, 2.75) is 0 Å². The highest BCUT2D eigenvalue weighted by atomic mass is 35.5. The summed E-state index contributed by atoms with van der Waals surface area (Å²) in [6.07, 6.45) is 3.09. The number of imidazole rings is 1. The zero-order valence-electron chi connectivity index (χ0n) is 7.74. The summed E-state index contributed by atoms with van der Waals surface area (Å²) < 4.78 is 0. The maximum absolute atomic E-state index is 11.7. The zero-order chi connectivity index (χ0) is 11.5. The topological polar surface area (TPSA) is 83.6 Å². The minimum absolute atomic E-state index is 0.0199. The maximum atomic E-state index is 11.7. The van der Waals surface area contributed by atoms with E-state index in [1.165, 1.54) is 12.3 Å². The van der Waals surface area contributed by atoms with Gasteiger partial charge in [-0.2, -0.15) is 0 Å². The Morgan fingerprint density at radius 1 is 1.38 bits per heavy atom. The van der Waals surface area contributed by atoms with E-state index in [4.69, 9.17) is 23.2 Å². The fourth-order valence-electron chi connectivity index (χ4n) is 1.02. The highest BCUT2D eigenvalue weighted by Crippen LogP contribution is 2.16. The number of nitrogens with zero attached hydrogens (tertiary/aromatic N) is 3. The van der Waals surface area contributed by atoms with Crippen LogP contribution in [0.4, 0.5) is 5.95 Å². The quantitative estimate of drug-likeness (QED) is 0.859. The number of H-pyrrole nitrogens is 1. The summed E-state index contributed by atoms with van der Waals surface area (Å²) in [4.78, 5) is 18.3. The van der Waals surface area contributed by atoms with E-state index in [-0.39, 0.29) is 15.9 Å². The number of carbonyl (C=O) groups is 1. The summed E-state index contributed by atoms with van der Waals surface area (Å²) in [6.45, 7) is 0. The monoisotopic (exact) mass is 257 g/mol. The molecular weight excluding hydrogens is 253 g/mol. The Hall–Kier alpha value is -1.66. The lowest BCUT2D eigenvalue weighted by Gasteiger charge is -2.02. The first-order chi connectivity index (χ1) is 7.66. The molecule has 0 saturated carbocycles. The molecule has 82 valence electrons. The van der Waals surface area contributed by atoms with Gasteiger partial charge >= 0.3 is 0 Å². The fourth-order valence-corrected chi connectivity index (χ4v) is 1.35. The van der Waals surface area contributed by atoms with Crippen LogP contribution in [0, 0.1) is 0 Å². The Bertz CT molecular complexity index is 513. The summed E-state index contributed by atoms with van der Waals surface area (Å²) in [7, 11) is 0. The minimum atomic E-state index is -0.461. The first-order valence-corrected chi connectivity index (χ1v) is 4.92. The van der Waals surface area contributed by atoms with Crippen LogP contribution in [0.25, 0.3) is 0 Å². The van der Waals surface area contributed by atoms with Gasteiger partial charge in [-0.05, 0) is 6.07 Å². The van der Waals surface area contributed by atoms with Crippen LogP contribution in [0.5, 0.6) is 0 Å². The normalized spacial score (nSPS) is 10.1. The number of anilines is 1. The molecule has 0 bridgehead atoms. The van der Waals surface area contributed by atoms with Crippen molar-refractivity contribution in [3.8, 4) is 0 Å². The molecule has 0 atom stereocenters. The Labute approximate surface area is 100 Å². The van der Waals surface area contributed by atoms with Crippen molar-refractivity contribution < 1.29 is 4.79 Å². The molecule has 2 aromatic heterocycles. The van der Waals surface area contributed by atoms with Gasteiger partial charge in [-0.3, -0.25) is 10.1 Å². The third-order valence-electron chi connectivity index (χ3n) is 1.69. The molecule has 2 aromatic rings. The molecule has 0 spiro atoms. The smallest absolute Gasteiger partial charge is 0.261 e. The molecule has 0 unspecified atom stereocenters. The molecule has 6 nitrogen and oxygen atoms in total. The van der Waals surface area contributed by atoms with E-state index in [1.807, 2.05) is 0 Å². The lowest BCUT2D eigenvalue weighted by molar-refractivity contribution is 0.102. The maximum Gasteiger partial charge on any atom is 0.261 e. The van der Waals surface area contributed by atoms with E-state index in [9.17, 15) is 4.79 Å². The minimum Gasteiger partial charge on any atom is -0.331 e. The number of rotatable bonds is 2. The predicted molar refractivity (Wildman–Crippen MR) is 58.6 cm³/mol. The van der Waals surface area contributed by atoms with Crippen LogP contribution in [-0.4, -0.2) is 26.1 Å². The molecule has 2 rings (SSSR count). The molecule has 8 heteroatoms. The SMILES string of the molecule is O=C(Nc1ncc[nH]1)c1cc(Cl)nnc1Cl. The second-order valence-corrected chi connectivity index (χ2v) is 3.51. The van der Waals surface area contributed by atoms with E-state index in [0.29, 0.717) is 5.95 Å². The van der Waals surface area contributed by atoms with Crippen molar-refractivity contribution >= 4 is 35.1 Å². The fraction of sp³-hybridized carbons (Fsp3) is 0. The number of carbonyl (C=O) groups excluding carboxylic acids is 1. The number of amides is 1. The van der Waals surface area contributed by atoms with Crippen molar-refractivity contribution in [3.05, 3.63) is 34.3 Å². The second kappa shape index (κ2) is 4.46. The van der Waals surface area contributed by atoms with E-state index in [2.05, 4.69) is 25.5 Å². The first kappa shape index (κ1) is 10.8. The summed E-state index contributed by atoms with van der Waals surface area (Å²) in [6, 6.07) is 1.33. The third kappa shape index (κ3) is 2.29. The van der Waals surface area contributed by atoms with Gasteiger partial charge in [-0.15, -0.1) is 10.2 Å². The number of aromatic nitrogens is 4.